The lowest BCUT2D eigenvalue weighted by Gasteiger charge is -2.30. The number of hydrogen-bond donors (Lipinski definition) is 0. The average Bonchev–Trinajstić information content (AvgIpc) is 2.48. The number of non-ortho nitro benzene ring substituents is 1. The van der Waals surface area contributed by atoms with Gasteiger partial charge >= 0.3 is 0 Å². The van der Waals surface area contributed by atoms with E-state index >= 15 is 0 Å². The number of fused-ring (bicyclic) bond motifs is 1. The van der Waals surface area contributed by atoms with Crippen molar-refractivity contribution < 1.29 is 19.2 Å². The second kappa shape index (κ2) is 5.82. The Bertz CT molecular complexity index is 612. The summed E-state index contributed by atoms with van der Waals surface area (Å²) in [6.45, 7) is 1.31. The van der Waals surface area contributed by atoms with Gasteiger partial charge in [0.15, 0.2) is 11.5 Å². The van der Waals surface area contributed by atoms with Crippen LogP contribution in [0.2, 0.25) is 0 Å². The van der Waals surface area contributed by atoms with Gasteiger partial charge in [0.2, 0.25) is 0 Å². The number of amides is 1. The van der Waals surface area contributed by atoms with Gasteiger partial charge in [0.1, 0.15) is 13.2 Å². The third kappa shape index (κ3) is 2.70. The normalized spacial score (nSPS) is 16.8. The minimum Gasteiger partial charge on any atom is -0.486 e. The van der Waals surface area contributed by atoms with Crippen LogP contribution in [-0.2, 0) is 0 Å². The molecule has 2 aliphatic rings. The van der Waals surface area contributed by atoms with Gasteiger partial charge in [-0.15, -0.1) is 0 Å². The fourth-order valence-electron chi connectivity index (χ4n) is 2.75. The number of nitrogens with zero attached hydrogens (tertiary/aromatic N) is 2. The number of nitro groups is 1. The van der Waals surface area contributed by atoms with Crippen LogP contribution in [0, 0.1) is 16.0 Å². The molecule has 0 atom stereocenters. The van der Waals surface area contributed by atoms with Crippen LogP contribution in [0.1, 0.15) is 29.6 Å². The Hall–Kier alpha value is -2.31. The van der Waals surface area contributed by atoms with Crippen LogP contribution in [0.5, 0.6) is 11.5 Å². The molecular formula is C15H18N2O5. The molecule has 1 aromatic carbocycles. The summed E-state index contributed by atoms with van der Waals surface area (Å²) in [5, 5.41) is 11.0. The molecule has 1 aromatic rings. The molecule has 22 heavy (non-hydrogen) atoms. The van der Waals surface area contributed by atoms with E-state index in [0.29, 0.717) is 31.4 Å². The molecule has 0 saturated heterocycles. The van der Waals surface area contributed by atoms with Crippen molar-refractivity contribution in [3.63, 3.8) is 0 Å². The summed E-state index contributed by atoms with van der Waals surface area (Å²) in [5.74, 6) is 0.834. The van der Waals surface area contributed by atoms with Crippen LogP contribution in [0.25, 0.3) is 0 Å². The maximum atomic E-state index is 12.6. The summed E-state index contributed by atoms with van der Waals surface area (Å²) in [5.41, 5.74) is 0.0374. The lowest BCUT2D eigenvalue weighted by atomic mass is 9.85. The first-order chi connectivity index (χ1) is 10.6. The maximum Gasteiger partial charge on any atom is 0.274 e. The van der Waals surface area contributed by atoms with Gasteiger partial charge < -0.3 is 14.4 Å². The Kier molecular flexibility index (Phi) is 3.87. The molecule has 1 heterocycles. The van der Waals surface area contributed by atoms with E-state index in [1.54, 1.807) is 11.9 Å². The predicted molar refractivity (Wildman–Crippen MR) is 78.4 cm³/mol. The highest BCUT2D eigenvalue weighted by Crippen LogP contribution is 2.38. The third-order valence-electron chi connectivity index (χ3n) is 4.17. The molecule has 0 aromatic heterocycles. The van der Waals surface area contributed by atoms with Crippen molar-refractivity contribution in [2.24, 2.45) is 5.92 Å². The molecule has 7 nitrogen and oxygen atoms in total. The van der Waals surface area contributed by atoms with E-state index < -0.39 is 4.92 Å². The highest BCUT2D eigenvalue weighted by molar-refractivity contribution is 5.98. The van der Waals surface area contributed by atoms with Gasteiger partial charge in [0.05, 0.1) is 16.6 Å². The number of benzene rings is 1. The van der Waals surface area contributed by atoms with Gasteiger partial charge in [-0.25, -0.2) is 0 Å². The minimum atomic E-state index is -0.527. The van der Waals surface area contributed by atoms with E-state index in [2.05, 4.69) is 0 Å². The molecule has 0 N–H and O–H groups in total. The molecule has 7 heteroatoms. The van der Waals surface area contributed by atoms with Crippen molar-refractivity contribution in [3.05, 3.63) is 27.8 Å². The van der Waals surface area contributed by atoms with E-state index in [9.17, 15) is 14.9 Å². The predicted octanol–water partition coefficient (Wildman–Crippen LogP) is 2.24. The van der Waals surface area contributed by atoms with Gasteiger partial charge in [-0.2, -0.15) is 0 Å². The second-order valence-electron chi connectivity index (χ2n) is 5.76. The first-order valence-electron chi connectivity index (χ1n) is 7.39. The first-order valence-corrected chi connectivity index (χ1v) is 7.39. The molecule has 1 aliphatic carbocycles. The zero-order chi connectivity index (χ0) is 15.7. The fourth-order valence-corrected chi connectivity index (χ4v) is 2.75. The number of nitro benzene ring substituents is 1. The van der Waals surface area contributed by atoms with Crippen LogP contribution >= 0.6 is 0 Å². The van der Waals surface area contributed by atoms with E-state index in [0.717, 1.165) is 12.8 Å². The molecule has 1 amide bonds. The van der Waals surface area contributed by atoms with Crippen molar-refractivity contribution in [1.82, 2.24) is 4.90 Å². The topological polar surface area (TPSA) is 81.9 Å². The Morgan fingerprint density at radius 2 is 2.09 bits per heavy atom. The molecule has 118 valence electrons. The van der Waals surface area contributed by atoms with Crippen molar-refractivity contribution in [2.75, 3.05) is 26.8 Å². The van der Waals surface area contributed by atoms with Crippen molar-refractivity contribution >= 4 is 11.6 Å². The molecule has 0 spiro atoms. The Morgan fingerprint density at radius 3 is 2.73 bits per heavy atom. The molecule has 0 bridgehead atoms. The molecule has 0 unspecified atom stereocenters. The van der Waals surface area contributed by atoms with Crippen LogP contribution in [0.3, 0.4) is 0 Å². The molecule has 3 rings (SSSR count). The van der Waals surface area contributed by atoms with Crippen LogP contribution in [-0.4, -0.2) is 42.5 Å². The fraction of sp³-hybridized carbons (Fsp3) is 0.533. The largest absolute Gasteiger partial charge is 0.486 e. The molecule has 1 fully saturated rings. The quantitative estimate of drug-likeness (QED) is 0.629. The van der Waals surface area contributed by atoms with E-state index in [1.165, 1.54) is 18.6 Å². The van der Waals surface area contributed by atoms with Gasteiger partial charge in [0, 0.05) is 19.7 Å². The molecule has 0 radical (unpaired) electrons. The lowest BCUT2D eigenvalue weighted by Crippen LogP contribution is -2.34. The summed E-state index contributed by atoms with van der Waals surface area (Å²) in [6, 6.07) is 2.57. The summed E-state index contributed by atoms with van der Waals surface area (Å²) in [7, 11) is 1.72. The number of ether oxygens (including phenoxy) is 2. The highest BCUT2D eigenvalue weighted by Gasteiger charge is 2.29. The minimum absolute atomic E-state index is 0.162. The Balaban J connectivity index is 1.91. The SMILES string of the molecule is CN(CC1CCC1)C(=O)c1cc([N+](=O)[O-])cc2c1OCCO2. The Labute approximate surface area is 128 Å². The van der Waals surface area contributed by atoms with Crippen LogP contribution in [0.4, 0.5) is 5.69 Å². The van der Waals surface area contributed by atoms with Crippen LogP contribution < -0.4 is 9.47 Å². The summed E-state index contributed by atoms with van der Waals surface area (Å²) in [4.78, 5) is 24.8. The number of hydrogen-bond acceptors (Lipinski definition) is 5. The first kappa shape index (κ1) is 14.6. The lowest BCUT2D eigenvalue weighted by molar-refractivity contribution is -0.385. The number of carbonyl (C=O) groups excluding carboxylic acids is 1. The zero-order valence-corrected chi connectivity index (χ0v) is 12.4. The average molecular weight is 306 g/mol. The number of carbonyl (C=O) groups is 1. The van der Waals surface area contributed by atoms with Gasteiger partial charge in [-0.05, 0) is 18.8 Å². The van der Waals surface area contributed by atoms with Crippen molar-refractivity contribution in [3.8, 4) is 11.5 Å². The second-order valence-corrected chi connectivity index (χ2v) is 5.76. The van der Waals surface area contributed by atoms with Crippen molar-refractivity contribution in [1.29, 1.82) is 0 Å². The van der Waals surface area contributed by atoms with Gasteiger partial charge in [-0.3, -0.25) is 14.9 Å². The maximum absolute atomic E-state index is 12.6. The monoisotopic (exact) mass is 306 g/mol. The summed E-state index contributed by atoms with van der Waals surface area (Å²) >= 11 is 0. The smallest absolute Gasteiger partial charge is 0.274 e. The van der Waals surface area contributed by atoms with Gasteiger partial charge in [-0.1, -0.05) is 6.42 Å². The zero-order valence-electron chi connectivity index (χ0n) is 12.4. The van der Waals surface area contributed by atoms with Gasteiger partial charge in [0.25, 0.3) is 11.6 Å². The highest BCUT2D eigenvalue weighted by atomic mass is 16.6. The van der Waals surface area contributed by atoms with E-state index in [-0.39, 0.29) is 22.9 Å². The molecule has 1 saturated carbocycles. The number of rotatable bonds is 4. The molecular weight excluding hydrogens is 288 g/mol. The van der Waals surface area contributed by atoms with Crippen LogP contribution in [0.15, 0.2) is 12.1 Å². The summed E-state index contributed by atoms with van der Waals surface area (Å²) in [6.07, 6.45) is 3.46. The molecule has 1 aliphatic heterocycles. The van der Waals surface area contributed by atoms with Crippen molar-refractivity contribution in [2.45, 2.75) is 19.3 Å². The Morgan fingerprint density at radius 1 is 1.36 bits per heavy atom. The standard InChI is InChI=1S/C15H18N2O5/c1-16(9-10-3-2-4-10)15(18)12-7-11(17(19)20)8-13-14(12)22-6-5-21-13/h7-8,10H,2-6,9H2,1H3. The van der Waals surface area contributed by atoms with E-state index in [1.807, 2.05) is 0 Å². The van der Waals surface area contributed by atoms with E-state index in [4.69, 9.17) is 9.47 Å². The third-order valence-corrected chi connectivity index (χ3v) is 4.17. The summed E-state index contributed by atoms with van der Waals surface area (Å²) < 4.78 is 10.9.